The summed E-state index contributed by atoms with van der Waals surface area (Å²) < 4.78 is 40.0. The first kappa shape index (κ1) is 23.8. The van der Waals surface area contributed by atoms with E-state index in [-0.39, 0.29) is 11.4 Å². The van der Waals surface area contributed by atoms with Crippen molar-refractivity contribution in [2.75, 3.05) is 11.1 Å². The van der Waals surface area contributed by atoms with Gasteiger partial charge >= 0.3 is 6.18 Å². The number of pyridine rings is 1. The molecule has 0 saturated heterocycles. The molecule has 2 heterocycles. The van der Waals surface area contributed by atoms with E-state index in [4.69, 9.17) is 11.6 Å². The van der Waals surface area contributed by atoms with Gasteiger partial charge in [-0.25, -0.2) is 0 Å². The van der Waals surface area contributed by atoms with Gasteiger partial charge in [-0.3, -0.25) is 14.3 Å². The van der Waals surface area contributed by atoms with E-state index in [1.165, 1.54) is 12.1 Å². The van der Waals surface area contributed by atoms with E-state index in [0.29, 0.717) is 16.0 Å². The van der Waals surface area contributed by atoms with Crippen molar-refractivity contribution in [2.45, 2.75) is 18.3 Å². The van der Waals surface area contributed by atoms with E-state index >= 15 is 0 Å². The minimum atomic E-state index is -4.44. The van der Waals surface area contributed by atoms with Gasteiger partial charge in [0, 0.05) is 28.7 Å². The Morgan fingerprint density at radius 2 is 1.76 bits per heavy atom. The highest BCUT2D eigenvalue weighted by Crippen LogP contribution is 2.32. The Morgan fingerprint density at radius 1 is 1.06 bits per heavy atom. The SMILES string of the molecule is Cc1c(Cl)cccc1-n1c(SCC(=O)Nc2ccc(C(F)(F)F)cc2)nnc1-c1ccncc1. The first-order chi connectivity index (χ1) is 16.2. The van der Waals surface area contributed by atoms with Gasteiger partial charge in [-0.1, -0.05) is 29.4 Å². The number of carbonyl (C=O) groups excluding carboxylic acids is 1. The Hall–Kier alpha value is -3.37. The monoisotopic (exact) mass is 503 g/mol. The van der Waals surface area contributed by atoms with Crippen molar-refractivity contribution >= 4 is 35.0 Å². The number of nitrogens with zero attached hydrogens (tertiary/aromatic N) is 4. The van der Waals surface area contributed by atoms with Crippen LogP contribution < -0.4 is 5.32 Å². The van der Waals surface area contributed by atoms with Crippen LogP contribution >= 0.6 is 23.4 Å². The molecule has 0 fully saturated rings. The largest absolute Gasteiger partial charge is 0.416 e. The fraction of sp³-hybridized carbons (Fsp3) is 0.130. The second-order valence-corrected chi connectivity index (χ2v) is 8.52. The van der Waals surface area contributed by atoms with E-state index in [2.05, 4.69) is 20.5 Å². The lowest BCUT2D eigenvalue weighted by Crippen LogP contribution is -2.15. The van der Waals surface area contributed by atoms with Crippen molar-refractivity contribution in [1.29, 1.82) is 0 Å². The predicted molar refractivity (Wildman–Crippen MR) is 125 cm³/mol. The molecule has 0 aliphatic heterocycles. The normalized spacial score (nSPS) is 11.4. The van der Waals surface area contributed by atoms with Crippen LogP contribution in [-0.4, -0.2) is 31.4 Å². The molecule has 174 valence electrons. The van der Waals surface area contributed by atoms with Gasteiger partial charge < -0.3 is 5.32 Å². The summed E-state index contributed by atoms with van der Waals surface area (Å²) in [5.41, 5.74) is 1.84. The maximum atomic E-state index is 12.7. The molecule has 11 heteroatoms. The summed E-state index contributed by atoms with van der Waals surface area (Å²) in [6.07, 6.45) is -1.15. The molecule has 0 bridgehead atoms. The van der Waals surface area contributed by atoms with Crippen LogP contribution in [0.2, 0.25) is 5.02 Å². The number of thioether (sulfide) groups is 1. The van der Waals surface area contributed by atoms with Crippen molar-refractivity contribution in [3.63, 3.8) is 0 Å². The molecule has 0 aliphatic rings. The Balaban J connectivity index is 1.57. The molecule has 0 atom stereocenters. The minimum absolute atomic E-state index is 0.0326. The molecule has 6 nitrogen and oxygen atoms in total. The fourth-order valence-corrected chi connectivity index (χ4v) is 4.09. The Bertz CT molecular complexity index is 1310. The van der Waals surface area contributed by atoms with Crippen molar-refractivity contribution in [3.05, 3.63) is 83.1 Å². The number of aromatic nitrogens is 4. The van der Waals surface area contributed by atoms with Crippen LogP contribution in [-0.2, 0) is 11.0 Å². The van der Waals surface area contributed by atoms with E-state index < -0.39 is 17.6 Å². The summed E-state index contributed by atoms with van der Waals surface area (Å²) in [4.78, 5) is 16.5. The van der Waals surface area contributed by atoms with Crippen molar-refractivity contribution in [3.8, 4) is 17.1 Å². The second kappa shape index (κ2) is 9.86. The van der Waals surface area contributed by atoms with Crippen LogP contribution in [0.4, 0.5) is 18.9 Å². The van der Waals surface area contributed by atoms with Crippen LogP contribution in [0.1, 0.15) is 11.1 Å². The number of anilines is 1. The number of amides is 1. The Labute approximate surface area is 202 Å². The molecule has 0 aliphatic carbocycles. The van der Waals surface area contributed by atoms with Gasteiger partial charge in [0.15, 0.2) is 11.0 Å². The summed E-state index contributed by atoms with van der Waals surface area (Å²) in [7, 11) is 0. The fourth-order valence-electron chi connectivity index (χ4n) is 3.18. The van der Waals surface area contributed by atoms with Crippen molar-refractivity contribution in [1.82, 2.24) is 19.7 Å². The maximum absolute atomic E-state index is 12.7. The molecular formula is C23H17ClF3N5OS. The molecule has 34 heavy (non-hydrogen) atoms. The number of nitrogens with one attached hydrogen (secondary N) is 1. The summed E-state index contributed by atoms with van der Waals surface area (Å²) in [5.74, 6) is 0.126. The molecule has 0 spiro atoms. The van der Waals surface area contributed by atoms with Crippen LogP contribution in [0.3, 0.4) is 0 Å². The van der Waals surface area contributed by atoms with Gasteiger partial charge in [0.1, 0.15) is 0 Å². The summed E-state index contributed by atoms with van der Waals surface area (Å²) in [6.45, 7) is 1.87. The van der Waals surface area contributed by atoms with Gasteiger partial charge in [0.25, 0.3) is 0 Å². The number of rotatable bonds is 6. The molecule has 1 N–H and O–H groups in total. The highest BCUT2D eigenvalue weighted by Gasteiger charge is 2.30. The average molecular weight is 504 g/mol. The summed E-state index contributed by atoms with van der Waals surface area (Å²) in [5, 5.41) is 12.2. The van der Waals surface area contributed by atoms with E-state index in [1.807, 2.05) is 23.6 Å². The molecule has 0 radical (unpaired) electrons. The third-order valence-electron chi connectivity index (χ3n) is 4.88. The molecule has 1 amide bonds. The number of benzene rings is 2. The lowest BCUT2D eigenvalue weighted by Gasteiger charge is -2.14. The molecule has 2 aromatic carbocycles. The zero-order valence-electron chi connectivity index (χ0n) is 17.7. The van der Waals surface area contributed by atoms with Crippen LogP contribution in [0.5, 0.6) is 0 Å². The quantitative estimate of drug-likeness (QED) is 0.325. The third-order valence-corrected chi connectivity index (χ3v) is 6.22. The Morgan fingerprint density at radius 3 is 2.44 bits per heavy atom. The third kappa shape index (κ3) is 5.23. The number of hydrogen-bond acceptors (Lipinski definition) is 5. The molecule has 0 unspecified atom stereocenters. The maximum Gasteiger partial charge on any atom is 0.416 e. The molecule has 2 aromatic heterocycles. The van der Waals surface area contributed by atoms with Crippen molar-refractivity contribution in [2.24, 2.45) is 0 Å². The van der Waals surface area contributed by atoms with Crippen LogP contribution in [0.15, 0.2) is 72.1 Å². The van der Waals surface area contributed by atoms with Gasteiger partial charge in [-0.15, -0.1) is 10.2 Å². The number of carbonyl (C=O) groups is 1. The zero-order chi connectivity index (χ0) is 24.3. The predicted octanol–water partition coefficient (Wildman–Crippen LogP) is 6.04. The first-order valence-electron chi connectivity index (χ1n) is 9.95. The molecular weight excluding hydrogens is 487 g/mol. The topological polar surface area (TPSA) is 72.7 Å². The van der Waals surface area contributed by atoms with Gasteiger partial charge in [0.2, 0.25) is 5.91 Å². The van der Waals surface area contributed by atoms with Crippen LogP contribution in [0, 0.1) is 6.92 Å². The highest BCUT2D eigenvalue weighted by atomic mass is 35.5. The average Bonchev–Trinajstić information content (AvgIpc) is 3.23. The first-order valence-corrected chi connectivity index (χ1v) is 11.3. The van der Waals surface area contributed by atoms with E-state index in [0.717, 1.165) is 40.7 Å². The minimum Gasteiger partial charge on any atom is -0.325 e. The molecule has 4 aromatic rings. The number of alkyl halides is 3. The lowest BCUT2D eigenvalue weighted by molar-refractivity contribution is -0.137. The highest BCUT2D eigenvalue weighted by molar-refractivity contribution is 7.99. The standard InChI is InChI=1S/C23H17ClF3N5OS/c1-14-18(24)3-2-4-19(14)32-21(15-9-11-28-12-10-15)30-31-22(32)34-13-20(33)29-17-7-5-16(6-8-17)23(25,26)27/h2-12H,13H2,1H3,(H,29,33). The number of halogens is 4. The van der Waals surface area contributed by atoms with Gasteiger partial charge in [-0.2, -0.15) is 13.2 Å². The zero-order valence-corrected chi connectivity index (χ0v) is 19.2. The second-order valence-electron chi connectivity index (χ2n) is 7.17. The van der Waals surface area contributed by atoms with Gasteiger partial charge in [-0.05, 0) is 61.0 Å². The summed E-state index contributed by atoms with van der Waals surface area (Å²) >= 11 is 7.48. The van der Waals surface area contributed by atoms with Gasteiger partial charge in [0.05, 0.1) is 17.0 Å². The van der Waals surface area contributed by atoms with Crippen LogP contribution in [0.25, 0.3) is 17.1 Å². The Kier molecular flexibility index (Phi) is 6.90. The smallest absolute Gasteiger partial charge is 0.325 e. The molecule has 0 saturated carbocycles. The van der Waals surface area contributed by atoms with E-state index in [9.17, 15) is 18.0 Å². The number of hydrogen-bond donors (Lipinski definition) is 1. The summed E-state index contributed by atoms with van der Waals surface area (Å²) in [6, 6.07) is 13.3. The molecule has 4 rings (SSSR count). The van der Waals surface area contributed by atoms with E-state index in [1.54, 1.807) is 30.6 Å². The lowest BCUT2D eigenvalue weighted by atomic mass is 10.2. The van der Waals surface area contributed by atoms with Crippen molar-refractivity contribution < 1.29 is 18.0 Å².